The maximum absolute atomic E-state index is 3.20. The van der Waals surface area contributed by atoms with E-state index in [1.54, 1.807) is 10.4 Å². The molecule has 4 heteroatoms. The van der Waals surface area contributed by atoms with Gasteiger partial charge in [0.1, 0.15) is 0 Å². The molecular weight excluding hydrogens is 404 g/mol. The van der Waals surface area contributed by atoms with Gasteiger partial charge >= 0.3 is 26.2 Å². The molecule has 0 aromatic heterocycles. The molecule has 0 aromatic rings. The van der Waals surface area contributed by atoms with Crippen LogP contribution in [0.15, 0.2) is 34.7 Å². The SMILES string of the molecule is C.C[SiH]C.C[Si](C)(C)C1=CC[C-]=C1.C[Si](C)(C)C1=CC[C-]=C1.[Zr+2]. The zero-order valence-corrected chi connectivity index (χ0v) is 21.4. The van der Waals surface area contributed by atoms with Crippen molar-refractivity contribution in [1.82, 2.24) is 0 Å². The summed E-state index contributed by atoms with van der Waals surface area (Å²) in [6.45, 7) is 18.6. The quantitative estimate of drug-likeness (QED) is 0.351. The van der Waals surface area contributed by atoms with Gasteiger partial charge in [-0.1, -0.05) is 59.8 Å². The molecule has 0 saturated heterocycles. The first-order valence-corrected chi connectivity index (χ1v) is 17.2. The van der Waals surface area contributed by atoms with Gasteiger partial charge in [-0.05, 0) is 16.1 Å². The summed E-state index contributed by atoms with van der Waals surface area (Å²) in [4.78, 5) is 0. The van der Waals surface area contributed by atoms with Gasteiger partial charge < -0.3 is 0 Å². The van der Waals surface area contributed by atoms with Gasteiger partial charge in [0.05, 0.1) is 0 Å². The van der Waals surface area contributed by atoms with E-state index in [0.717, 1.165) is 22.4 Å². The summed E-state index contributed by atoms with van der Waals surface area (Å²) in [6.07, 6.45) is 17.4. The second-order valence-corrected chi connectivity index (χ2v) is 18.8. The number of hydrogen-bond donors (Lipinski definition) is 0. The molecule has 0 aliphatic heterocycles. The van der Waals surface area contributed by atoms with Gasteiger partial charge in [0.2, 0.25) is 0 Å². The minimum atomic E-state index is -0.981. The second-order valence-electron chi connectivity index (χ2n) is 7.50. The van der Waals surface area contributed by atoms with E-state index in [4.69, 9.17) is 0 Å². The first-order valence-electron chi connectivity index (χ1n) is 7.91. The zero-order chi connectivity index (χ0) is 16.5. The van der Waals surface area contributed by atoms with Crippen molar-refractivity contribution in [3.63, 3.8) is 0 Å². The van der Waals surface area contributed by atoms with E-state index in [0.29, 0.717) is 0 Å². The average molecular weight is 441 g/mol. The zero-order valence-electron chi connectivity index (χ0n) is 15.8. The summed E-state index contributed by atoms with van der Waals surface area (Å²) < 4.78 is 0. The van der Waals surface area contributed by atoms with E-state index in [1.807, 2.05) is 0 Å². The van der Waals surface area contributed by atoms with Crippen LogP contribution in [0.2, 0.25) is 52.4 Å². The van der Waals surface area contributed by atoms with Crippen molar-refractivity contribution in [3.05, 3.63) is 46.8 Å². The Labute approximate surface area is 170 Å². The number of rotatable bonds is 2. The minimum absolute atomic E-state index is 0. The molecule has 2 aliphatic rings. The molecule has 0 amide bonds. The standard InChI is InChI=1S/2C8H13Si.C2H7Si.CH4.Zr/c2*1-9(2,3)8-6-4-5-7-8;1-3-2;;/h2*6-7H,4H2,1-3H3;3H,1-2H3;1H4;/q2*-1;;;+2. The molecule has 0 fully saturated rings. The first-order chi connectivity index (χ1) is 9.62. The van der Waals surface area contributed by atoms with E-state index in [2.05, 4.69) is 88.8 Å². The van der Waals surface area contributed by atoms with Crippen LogP contribution < -0.4 is 0 Å². The molecule has 129 valence electrons. The third-order valence-corrected chi connectivity index (χ3v) is 7.29. The van der Waals surface area contributed by atoms with Gasteiger partial charge in [0, 0.05) is 9.52 Å². The normalized spacial score (nSPS) is 15.1. The average Bonchev–Trinajstić information content (AvgIpc) is 3.03. The molecule has 0 saturated carbocycles. The van der Waals surface area contributed by atoms with Crippen molar-refractivity contribution in [2.75, 3.05) is 0 Å². The predicted octanol–water partition coefficient (Wildman–Crippen LogP) is 6.26. The van der Waals surface area contributed by atoms with Crippen molar-refractivity contribution >= 4 is 25.7 Å². The molecule has 0 unspecified atom stereocenters. The van der Waals surface area contributed by atoms with Crippen molar-refractivity contribution in [2.24, 2.45) is 0 Å². The fraction of sp³-hybridized carbons (Fsp3) is 0.579. The minimum Gasteiger partial charge on any atom is -0.273 e. The molecule has 2 rings (SSSR count). The van der Waals surface area contributed by atoms with Gasteiger partial charge in [-0.3, -0.25) is 12.2 Å². The van der Waals surface area contributed by atoms with Crippen LogP contribution in [0.1, 0.15) is 20.3 Å². The van der Waals surface area contributed by atoms with Crippen molar-refractivity contribution in [2.45, 2.75) is 72.6 Å². The van der Waals surface area contributed by atoms with Crippen molar-refractivity contribution in [1.29, 1.82) is 0 Å². The van der Waals surface area contributed by atoms with E-state index in [1.165, 1.54) is 0 Å². The predicted molar refractivity (Wildman–Crippen MR) is 113 cm³/mol. The van der Waals surface area contributed by atoms with E-state index in [9.17, 15) is 0 Å². The van der Waals surface area contributed by atoms with Crippen molar-refractivity contribution < 1.29 is 26.2 Å². The van der Waals surface area contributed by atoms with Crippen LogP contribution in [0.4, 0.5) is 0 Å². The second kappa shape index (κ2) is 13.7. The fourth-order valence-electron chi connectivity index (χ4n) is 1.84. The monoisotopic (exact) mass is 439 g/mol. The molecular formula is C19H37Si3Zr. The van der Waals surface area contributed by atoms with Gasteiger partial charge in [-0.15, -0.1) is 12.8 Å². The third-order valence-electron chi connectivity index (χ3n) is 3.13. The van der Waals surface area contributed by atoms with Crippen LogP contribution in [0.5, 0.6) is 0 Å². The first kappa shape index (κ1) is 28.3. The Bertz CT molecular complexity index is 379. The molecule has 0 heterocycles. The molecule has 0 spiro atoms. The molecule has 1 radical (unpaired) electrons. The Morgan fingerprint density at radius 3 is 1.13 bits per heavy atom. The molecule has 0 aromatic carbocycles. The molecule has 0 atom stereocenters. The Morgan fingerprint density at radius 2 is 1.04 bits per heavy atom. The smallest absolute Gasteiger partial charge is 0.273 e. The summed E-state index contributed by atoms with van der Waals surface area (Å²) in [5.74, 6) is 0. The summed E-state index contributed by atoms with van der Waals surface area (Å²) in [7, 11) is -1.21. The van der Waals surface area contributed by atoms with Gasteiger partial charge in [-0.25, -0.2) is 22.5 Å². The van der Waals surface area contributed by atoms with Gasteiger partial charge in [0.25, 0.3) is 0 Å². The Morgan fingerprint density at radius 1 is 0.783 bits per heavy atom. The largest absolute Gasteiger partial charge is 2.00 e. The topological polar surface area (TPSA) is 0 Å². The summed E-state index contributed by atoms with van der Waals surface area (Å²) in [5.41, 5.74) is 0. The molecule has 23 heavy (non-hydrogen) atoms. The Balaban J connectivity index is -0.000000277. The van der Waals surface area contributed by atoms with Crippen LogP contribution in [0.25, 0.3) is 0 Å². The van der Waals surface area contributed by atoms with Gasteiger partial charge in [-0.2, -0.15) is 12.2 Å². The third kappa shape index (κ3) is 13.5. The molecule has 0 bridgehead atoms. The molecule has 0 N–H and O–H groups in total. The van der Waals surface area contributed by atoms with Crippen molar-refractivity contribution in [3.8, 4) is 0 Å². The summed E-state index contributed by atoms with van der Waals surface area (Å²) in [6, 6.07) is 0. The number of allylic oxidation sites excluding steroid dienone is 8. The Kier molecular flexibility index (Phi) is 16.9. The molecule has 0 nitrogen and oxygen atoms in total. The van der Waals surface area contributed by atoms with Crippen LogP contribution in [0.3, 0.4) is 0 Å². The van der Waals surface area contributed by atoms with Crippen LogP contribution >= 0.6 is 0 Å². The van der Waals surface area contributed by atoms with E-state index >= 15 is 0 Å². The van der Waals surface area contributed by atoms with Crippen LogP contribution in [-0.4, -0.2) is 25.7 Å². The van der Waals surface area contributed by atoms with Crippen LogP contribution in [0, 0.1) is 12.2 Å². The fourth-order valence-corrected chi connectivity index (χ4v) is 4.34. The van der Waals surface area contributed by atoms with Crippen LogP contribution in [-0.2, 0) is 26.2 Å². The van der Waals surface area contributed by atoms with E-state index in [-0.39, 0.29) is 33.6 Å². The van der Waals surface area contributed by atoms with E-state index < -0.39 is 16.1 Å². The Hall–Kier alpha value is 0.494. The summed E-state index contributed by atoms with van der Waals surface area (Å²) >= 11 is 0. The maximum atomic E-state index is 3.20. The summed E-state index contributed by atoms with van der Waals surface area (Å²) in [5, 5.41) is 3.12. The molecule has 2 aliphatic carbocycles. The maximum Gasteiger partial charge on any atom is 2.00 e. The number of hydrogen-bond acceptors (Lipinski definition) is 0. The van der Waals surface area contributed by atoms with Gasteiger partial charge in [0.15, 0.2) is 0 Å².